The van der Waals surface area contributed by atoms with Crippen molar-refractivity contribution >= 4 is 20.0 Å². The molecule has 2 N–H and O–H groups in total. The average Bonchev–Trinajstić information content (AvgIpc) is 3.23. The van der Waals surface area contributed by atoms with Crippen LogP contribution in [0, 0.1) is 11.6 Å². The number of hydrogen-bond donors (Lipinski definition) is 2. The van der Waals surface area contributed by atoms with Crippen LogP contribution in [0.15, 0.2) is 61.2 Å². The highest BCUT2D eigenvalue weighted by Crippen LogP contribution is 2.37. The second-order valence-electron chi connectivity index (χ2n) is 13.5. The molecule has 56 heavy (non-hydrogen) atoms. The lowest BCUT2D eigenvalue weighted by Gasteiger charge is -2.30. The van der Waals surface area contributed by atoms with E-state index in [9.17, 15) is 25.6 Å². The van der Waals surface area contributed by atoms with Crippen LogP contribution in [-0.2, 0) is 33.1 Å². The van der Waals surface area contributed by atoms with E-state index in [0.717, 1.165) is 50.5 Å². The SMILES string of the molecule is COc1ccc(CNS(=O)(=O)[C@@H]2CCCC[C@H]2c2ncc(F)cn2)c(OC)c1.COc1ccc(CNS(=O)(=O)[C@H]2CCCC[C@@H]2c2ncc(F)cn2)c(OC)c1. The molecule has 14 nitrogen and oxygen atoms in total. The van der Waals surface area contributed by atoms with Gasteiger partial charge in [-0.15, -0.1) is 0 Å². The molecule has 2 saturated carbocycles. The summed E-state index contributed by atoms with van der Waals surface area (Å²) in [7, 11) is -1.13. The van der Waals surface area contributed by atoms with E-state index >= 15 is 0 Å². The smallest absolute Gasteiger partial charge is 0.215 e. The molecular formula is C38H48F2N6O8S2. The van der Waals surface area contributed by atoms with Gasteiger partial charge in [-0.2, -0.15) is 0 Å². The van der Waals surface area contributed by atoms with Gasteiger partial charge in [-0.05, 0) is 37.8 Å². The highest BCUT2D eigenvalue weighted by Gasteiger charge is 2.39. The zero-order valence-electron chi connectivity index (χ0n) is 31.8. The highest BCUT2D eigenvalue weighted by molar-refractivity contribution is 7.90. The Morgan fingerprint density at radius 2 is 0.929 bits per heavy atom. The van der Waals surface area contributed by atoms with Gasteiger partial charge in [0.25, 0.3) is 0 Å². The summed E-state index contributed by atoms with van der Waals surface area (Å²) in [6.45, 7) is 0.200. The summed E-state index contributed by atoms with van der Waals surface area (Å²) < 4.78 is 105. The number of aromatic nitrogens is 4. The van der Waals surface area contributed by atoms with E-state index in [4.69, 9.17) is 18.9 Å². The molecule has 4 aromatic rings. The third-order valence-corrected chi connectivity index (χ3v) is 13.9. The Balaban J connectivity index is 0.000000214. The van der Waals surface area contributed by atoms with Crippen LogP contribution in [0.3, 0.4) is 0 Å². The Bertz CT molecular complexity index is 1960. The van der Waals surface area contributed by atoms with Gasteiger partial charge in [-0.3, -0.25) is 0 Å². The van der Waals surface area contributed by atoms with Gasteiger partial charge in [-0.25, -0.2) is 55.0 Å². The van der Waals surface area contributed by atoms with E-state index in [1.54, 1.807) is 50.6 Å². The van der Waals surface area contributed by atoms with Gasteiger partial charge in [0.2, 0.25) is 20.0 Å². The van der Waals surface area contributed by atoms with Gasteiger partial charge in [0.1, 0.15) is 34.6 Å². The predicted molar refractivity (Wildman–Crippen MR) is 205 cm³/mol. The van der Waals surface area contributed by atoms with Gasteiger partial charge in [0, 0.05) is 48.2 Å². The number of nitrogens with one attached hydrogen (secondary N) is 2. The molecule has 2 aliphatic carbocycles. The number of methoxy groups -OCH3 is 4. The van der Waals surface area contributed by atoms with Crippen molar-refractivity contribution in [2.75, 3.05) is 28.4 Å². The topological polar surface area (TPSA) is 181 Å². The first-order valence-corrected chi connectivity index (χ1v) is 21.3. The third kappa shape index (κ3) is 10.9. The molecule has 4 atom stereocenters. The molecule has 0 aliphatic heterocycles. The highest BCUT2D eigenvalue weighted by atomic mass is 32.2. The lowest BCUT2D eigenvalue weighted by atomic mass is 9.88. The molecule has 0 bridgehead atoms. The third-order valence-electron chi connectivity index (χ3n) is 10.1. The van der Waals surface area contributed by atoms with E-state index < -0.39 is 42.2 Å². The normalized spacial score (nSPS) is 20.0. The predicted octanol–water partition coefficient (Wildman–Crippen LogP) is 5.56. The molecular weight excluding hydrogens is 771 g/mol. The Labute approximate surface area is 326 Å². The van der Waals surface area contributed by atoms with Crippen molar-refractivity contribution in [1.29, 1.82) is 0 Å². The lowest BCUT2D eigenvalue weighted by Crippen LogP contribution is -2.40. The molecule has 2 heterocycles. The first-order valence-electron chi connectivity index (χ1n) is 18.2. The van der Waals surface area contributed by atoms with E-state index in [2.05, 4.69) is 29.4 Å². The minimum atomic E-state index is -3.64. The van der Waals surface area contributed by atoms with Crippen molar-refractivity contribution in [3.63, 3.8) is 0 Å². The Hall–Kier alpha value is -4.52. The summed E-state index contributed by atoms with van der Waals surface area (Å²) in [6, 6.07) is 10.5. The molecule has 0 amide bonds. The molecule has 6 rings (SSSR count). The monoisotopic (exact) mass is 818 g/mol. The summed E-state index contributed by atoms with van der Waals surface area (Å²) >= 11 is 0. The summed E-state index contributed by atoms with van der Waals surface area (Å²) in [5.41, 5.74) is 1.41. The summed E-state index contributed by atoms with van der Waals surface area (Å²) in [6.07, 6.45) is 10.1. The number of sulfonamides is 2. The van der Waals surface area contributed by atoms with Crippen LogP contribution < -0.4 is 28.4 Å². The van der Waals surface area contributed by atoms with Gasteiger partial charge < -0.3 is 18.9 Å². The maximum absolute atomic E-state index is 13.1. The minimum absolute atomic E-state index is 0.100. The van der Waals surface area contributed by atoms with E-state index in [1.807, 2.05) is 0 Å². The van der Waals surface area contributed by atoms with Crippen molar-refractivity contribution in [2.45, 2.75) is 86.8 Å². The average molecular weight is 819 g/mol. The maximum Gasteiger partial charge on any atom is 0.215 e. The Morgan fingerprint density at radius 3 is 1.27 bits per heavy atom. The van der Waals surface area contributed by atoms with Crippen LogP contribution in [0.5, 0.6) is 23.0 Å². The lowest BCUT2D eigenvalue weighted by molar-refractivity contribution is 0.390. The number of nitrogens with zero attached hydrogens (tertiary/aromatic N) is 4. The maximum atomic E-state index is 13.1. The number of halogens is 2. The second-order valence-corrected chi connectivity index (χ2v) is 17.4. The largest absolute Gasteiger partial charge is 0.497 e. The zero-order valence-corrected chi connectivity index (χ0v) is 33.4. The quantitative estimate of drug-likeness (QED) is 0.162. The molecule has 2 fully saturated rings. The number of hydrogen-bond acceptors (Lipinski definition) is 12. The Kier molecular flexibility index (Phi) is 14.9. The van der Waals surface area contributed by atoms with Crippen molar-refractivity contribution in [2.24, 2.45) is 0 Å². The van der Waals surface area contributed by atoms with Gasteiger partial charge >= 0.3 is 0 Å². The molecule has 0 spiro atoms. The summed E-state index contributed by atoms with van der Waals surface area (Å²) in [5, 5.41) is -1.31. The van der Waals surface area contributed by atoms with Gasteiger partial charge in [0.05, 0.1) is 63.7 Å². The molecule has 18 heteroatoms. The van der Waals surface area contributed by atoms with Crippen molar-refractivity contribution in [1.82, 2.24) is 29.4 Å². The minimum Gasteiger partial charge on any atom is -0.497 e. The van der Waals surface area contributed by atoms with Crippen LogP contribution in [0.2, 0.25) is 0 Å². The zero-order chi connectivity index (χ0) is 40.3. The molecule has 0 saturated heterocycles. The van der Waals surface area contributed by atoms with Crippen LogP contribution in [-0.4, -0.2) is 75.7 Å². The van der Waals surface area contributed by atoms with Crippen LogP contribution in [0.4, 0.5) is 8.78 Å². The Morgan fingerprint density at radius 1 is 0.571 bits per heavy atom. The molecule has 2 aromatic heterocycles. The van der Waals surface area contributed by atoms with Gasteiger partial charge in [0.15, 0.2) is 11.6 Å². The van der Waals surface area contributed by atoms with Crippen molar-refractivity contribution in [3.05, 3.63) is 95.6 Å². The molecule has 0 radical (unpaired) electrons. The molecule has 0 unspecified atom stereocenters. The fourth-order valence-corrected chi connectivity index (χ4v) is 10.6. The standard InChI is InChI=1S/2C19H24FN3O4S/c2*1-26-15-8-7-13(17(9-15)27-2)10-23-28(24,25)18-6-4-3-5-16(18)19-21-11-14(20)12-22-19/h2*7-9,11-12,16,18,23H,3-6,10H2,1-2H3/t2*16-,18-/m10/s1. The van der Waals surface area contributed by atoms with Crippen LogP contribution in [0.25, 0.3) is 0 Å². The van der Waals surface area contributed by atoms with E-state index in [1.165, 1.54) is 14.2 Å². The first kappa shape index (κ1) is 42.6. The van der Waals surface area contributed by atoms with Crippen LogP contribution in [0.1, 0.15) is 86.0 Å². The van der Waals surface area contributed by atoms with E-state index in [-0.39, 0.29) is 24.9 Å². The number of rotatable bonds is 14. The van der Waals surface area contributed by atoms with Crippen LogP contribution >= 0.6 is 0 Å². The van der Waals surface area contributed by atoms with Crippen molar-refractivity contribution in [3.8, 4) is 23.0 Å². The van der Waals surface area contributed by atoms with Crippen molar-refractivity contribution < 1.29 is 44.6 Å². The molecule has 2 aromatic carbocycles. The van der Waals surface area contributed by atoms with E-state index in [0.29, 0.717) is 71.5 Å². The number of benzene rings is 2. The fraction of sp³-hybridized carbons (Fsp3) is 0.474. The number of ether oxygens (including phenoxy) is 4. The second kappa shape index (κ2) is 19.6. The molecule has 2 aliphatic rings. The van der Waals surface area contributed by atoms with Gasteiger partial charge in [-0.1, -0.05) is 37.8 Å². The molecule has 304 valence electrons. The summed E-state index contributed by atoms with van der Waals surface area (Å²) in [4.78, 5) is 16.1. The first-order chi connectivity index (χ1) is 26.9. The summed E-state index contributed by atoms with van der Waals surface area (Å²) in [5.74, 6) is 1.31. The fourth-order valence-electron chi connectivity index (χ4n) is 7.12.